The lowest BCUT2D eigenvalue weighted by Gasteiger charge is -2.12. The summed E-state index contributed by atoms with van der Waals surface area (Å²) in [5.41, 5.74) is 2.42. The third-order valence-electron chi connectivity index (χ3n) is 3.34. The molecule has 102 valence electrons. The summed E-state index contributed by atoms with van der Waals surface area (Å²) in [6, 6.07) is 10.6. The second-order valence-corrected chi connectivity index (χ2v) is 4.63. The number of ether oxygens (including phenoxy) is 1. The monoisotopic (exact) mass is 259 g/mol. The zero-order valence-corrected chi connectivity index (χ0v) is 11.8. The van der Waals surface area contributed by atoms with Gasteiger partial charge in [0.2, 0.25) is 0 Å². The zero-order chi connectivity index (χ0) is 13.7. The molecule has 4 nitrogen and oxygen atoms in total. The van der Waals surface area contributed by atoms with Crippen molar-refractivity contribution in [3.8, 4) is 5.75 Å². The van der Waals surface area contributed by atoms with Crippen LogP contribution in [0.15, 0.2) is 36.5 Å². The van der Waals surface area contributed by atoms with Gasteiger partial charge in [-0.1, -0.05) is 12.1 Å². The highest BCUT2D eigenvalue weighted by atomic mass is 16.5. The Morgan fingerprint density at radius 3 is 2.89 bits per heavy atom. The number of nitrogens with one attached hydrogen (secondary N) is 1. The van der Waals surface area contributed by atoms with Gasteiger partial charge in [0.05, 0.1) is 6.61 Å². The highest BCUT2D eigenvalue weighted by Crippen LogP contribution is 2.18. The van der Waals surface area contributed by atoms with Crippen LogP contribution in [0, 0.1) is 0 Å². The predicted molar refractivity (Wildman–Crippen MR) is 76.3 cm³/mol. The zero-order valence-electron chi connectivity index (χ0n) is 11.8. The molecule has 0 spiro atoms. The number of nitrogens with zero attached hydrogens (tertiary/aromatic N) is 2. The van der Waals surface area contributed by atoms with Crippen LogP contribution in [0.4, 0.5) is 0 Å². The molecular formula is C15H21N3O. The topological polar surface area (TPSA) is 39.1 Å². The Kier molecular flexibility index (Phi) is 4.58. The van der Waals surface area contributed by atoms with Crippen molar-refractivity contribution < 1.29 is 4.74 Å². The van der Waals surface area contributed by atoms with E-state index in [2.05, 4.69) is 29.5 Å². The van der Waals surface area contributed by atoms with E-state index in [0.29, 0.717) is 12.6 Å². The Morgan fingerprint density at radius 1 is 1.37 bits per heavy atom. The smallest absolute Gasteiger partial charge is 0.119 e. The molecule has 4 heteroatoms. The third-order valence-corrected chi connectivity index (χ3v) is 3.34. The first kappa shape index (κ1) is 13.6. The quantitative estimate of drug-likeness (QED) is 0.865. The van der Waals surface area contributed by atoms with E-state index in [1.54, 1.807) is 0 Å². The second-order valence-electron chi connectivity index (χ2n) is 4.63. The van der Waals surface area contributed by atoms with Crippen molar-refractivity contribution in [3.05, 3.63) is 47.8 Å². The Morgan fingerprint density at radius 2 is 2.21 bits per heavy atom. The van der Waals surface area contributed by atoms with Gasteiger partial charge in [0.15, 0.2) is 0 Å². The number of hydrogen-bond acceptors (Lipinski definition) is 3. The number of aromatic nitrogens is 2. The molecule has 1 atom stereocenters. The molecular weight excluding hydrogens is 238 g/mol. The van der Waals surface area contributed by atoms with E-state index in [1.807, 2.05) is 43.2 Å². The highest BCUT2D eigenvalue weighted by molar-refractivity contribution is 5.30. The third kappa shape index (κ3) is 3.58. The summed E-state index contributed by atoms with van der Waals surface area (Å²) in [6.07, 6.45) is 2.67. The van der Waals surface area contributed by atoms with Gasteiger partial charge >= 0.3 is 0 Å². The first-order chi connectivity index (χ1) is 9.20. The average molecular weight is 259 g/mol. The molecule has 1 unspecified atom stereocenters. The Hall–Kier alpha value is -1.81. The van der Waals surface area contributed by atoms with Gasteiger partial charge in [-0.3, -0.25) is 4.68 Å². The standard InChI is InChI=1S/C15H21N3O/c1-12(16-2)13-5-4-6-15(11-13)19-10-8-14-7-9-17-18(14)3/h4-7,9,11-12,16H,8,10H2,1-3H3. The molecule has 0 saturated carbocycles. The van der Waals surface area contributed by atoms with Gasteiger partial charge < -0.3 is 10.1 Å². The first-order valence-electron chi connectivity index (χ1n) is 6.57. The van der Waals surface area contributed by atoms with Gasteiger partial charge in [0.1, 0.15) is 5.75 Å². The molecule has 0 aliphatic heterocycles. The van der Waals surface area contributed by atoms with Crippen molar-refractivity contribution in [2.75, 3.05) is 13.7 Å². The molecule has 0 radical (unpaired) electrons. The fourth-order valence-electron chi connectivity index (χ4n) is 1.96. The van der Waals surface area contributed by atoms with Crippen molar-refractivity contribution in [3.63, 3.8) is 0 Å². The van der Waals surface area contributed by atoms with Crippen LogP contribution < -0.4 is 10.1 Å². The SMILES string of the molecule is CNC(C)c1cccc(OCCc2ccnn2C)c1. The van der Waals surface area contributed by atoms with E-state index in [9.17, 15) is 0 Å². The van der Waals surface area contributed by atoms with Gasteiger partial charge in [-0.15, -0.1) is 0 Å². The van der Waals surface area contributed by atoms with E-state index in [0.717, 1.165) is 12.2 Å². The van der Waals surface area contributed by atoms with Gasteiger partial charge in [-0.25, -0.2) is 0 Å². The second kappa shape index (κ2) is 6.38. The molecule has 1 aromatic heterocycles. The van der Waals surface area contributed by atoms with Crippen LogP contribution in [0.5, 0.6) is 5.75 Å². The van der Waals surface area contributed by atoms with Crippen molar-refractivity contribution in [2.24, 2.45) is 7.05 Å². The van der Waals surface area contributed by atoms with Crippen molar-refractivity contribution in [1.29, 1.82) is 0 Å². The van der Waals surface area contributed by atoms with Crippen molar-refractivity contribution in [1.82, 2.24) is 15.1 Å². The summed E-state index contributed by atoms with van der Waals surface area (Å²) < 4.78 is 7.68. The Labute approximate surface area is 114 Å². The summed E-state index contributed by atoms with van der Waals surface area (Å²) in [4.78, 5) is 0. The van der Waals surface area contributed by atoms with Crippen LogP contribution in [0.25, 0.3) is 0 Å². The van der Waals surface area contributed by atoms with E-state index in [-0.39, 0.29) is 0 Å². The summed E-state index contributed by atoms with van der Waals surface area (Å²) in [6.45, 7) is 2.80. The molecule has 19 heavy (non-hydrogen) atoms. The molecule has 1 heterocycles. The molecule has 1 N–H and O–H groups in total. The highest BCUT2D eigenvalue weighted by Gasteiger charge is 2.04. The van der Waals surface area contributed by atoms with E-state index in [1.165, 1.54) is 11.3 Å². The molecule has 1 aromatic carbocycles. The van der Waals surface area contributed by atoms with Gasteiger partial charge in [-0.05, 0) is 37.7 Å². The van der Waals surface area contributed by atoms with Gasteiger partial charge in [0, 0.05) is 31.4 Å². The first-order valence-corrected chi connectivity index (χ1v) is 6.57. The summed E-state index contributed by atoms with van der Waals surface area (Å²) in [7, 11) is 3.91. The maximum Gasteiger partial charge on any atom is 0.119 e. The average Bonchev–Trinajstić information content (AvgIpc) is 2.84. The molecule has 0 aliphatic carbocycles. The van der Waals surface area contributed by atoms with Crippen LogP contribution in [0.2, 0.25) is 0 Å². The summed E-state index contributed by atoms with van der Waals surface area (Å²) >= 11 is 0. The largest absolute Gasteiger partial charge is 0.493 e. The number of rotatable bonds is 6. The number of aryl methyl sites for hydroxylation is 1. The fourth-order valence-corrected chi connectivity index (χ4v) is 1.96. The summed E-state index contributed by atoms with van der Waals surface area (Å²) in [5, 5.41) is 7.37. The number of hydrogen-bond donors (Lipinski definition) is 1. The predicted octanol–water partition coefficient (Wildman–Crippen LogP) is 2.32. The fraction of sp³-hybridized carbons (Fsp3) is 0.400. The molecule has 2 rings (SSSR count). The van der Waals surface area contributed by atoms with Crippen LogP contribution in [-0.4, -0.2) is 23.4 Å². The molecule has 0 bridgehead atoms. The maximum atomic E-state index is 5.80. The molecule has 2 aromatic rings. The minimum Gasteiger partial charge on any atom is -0.493 e. The Bertz CT molecular complexity index is 522. The van der Waals surface area contributed by atoms with Gasteiger partial charge in [0.25, 0.3) is 0 Å². The van der Waals surface area contributed by atoms with Gasteiger partial charge in [-0.2, -0.15) is 5.10 Å². The molecule has 0 aliphatic rings. The Balaban J connectivity index is 1.91. The minimum absolute atomic E-state index is 0.334. The normalized spacial score (nSPS) is 12.4. The number of benzene rings is 1. The lowest BCUT2D eigenvalue weighted by Crippen LogP contribution is -2.12. The van der Waals surface area contributed by atoms with Crippen LogP contribution >= 0.6 is 0 Å². The van der Waals surface area contributed by atoms with Crippen molar-refractivity contribution in [2.45, 2.75) is 19.4 Å². The van der Waals surface area contributed by atoms with E-state index < -0.39 is 0 Å². The lowest BCUT2D eigenvalue weighted by molar-refractivity contribution is 0.318. The summed E-state index contributed by atoms with van der Waals surface area (Å²) in [5.74, 6) is 0.918. The van der Waals surface area contributed by atoms with E-state index >= 15 is 0 Å². The molecule has 0 amide bonds. The van der Waals surface area contributed by atoms with Crippen LogP contribution in [0.1, 0.15) is 24.2 Å². The van der Waals surface area contributed by atoms with Crippen LogP contribution in [-0.2, 0) is 13.5 Å². The van der Waals surface area contributed by atoms with E-state index in [4.69, 9.17) is 4.74 Å². The minimum atomic E-state index is 0.334. The van der Waals surface area contributed by atoms with Crippen LogP contribution in [0.3, 0.4) is 0 Å². The molecule has 0 fully saturated rings. The molecule has 0 saturated heterocycles. The lowest BCUT2D eigenvalue weighted by atomic mass is 10.1. The maximum absolute atomic E-state index is 5.80. The van der Waals surface area contributed by atoms with Crippen molar-refractivity contribution >= 4 is 0 Å².